The summed E-state index contributed by atoms with van der Waals surface area (Å²) in [6, 6.07) is 13.0. The highest BCUT2D eigenvalue weighted by atomic mass is 16.6. The Balaban J connectivity index is 1.51. The van der Waals surface area contributed by atoms with Gasteiger partial charge in [-0.05, 0) is 55.5 Å². The predicted octanol–water partition coefficient (Wildman–Crippen LogP) is 5.34. The molecular weight excluding hydrogens is 448 g/mol. The number of rotatable bonds is 6. The second-order valence-corrected chi connectivity index (χ2v) is 8.74. The zero-order valence-electron chi connectivity index (χ0n) is 19.8. The molecule has 0 bridgehead atoms. The first kappa shape index (κ1) is 23.9. The van der Waals surface area contributed by atoms with E-state index in [9.17, 15) is 19.7 Å². The van der Waals surface area contributed by atoms with Crippen molar-refractivity contribution >= 4 is 28.9 Å². The fourth-order valence-electron chi connectivity index (χ4n) is 4.05. The molecule has 35 heavy (non-hydrogen) atoms. The Morgan fingerprint density at radius 2 is 1.71 bits per heavy atom. The minimum Gasteiger partial charge on any atom is -0.455 e. The van der Waals surface area contributed by atoms with Crippen LogP contribution in [0.4, 0.5) is 11.4 Å². The molecule has 0 atom stereocenters. The Morgan fingerprint density at radius 3 is 2.34 bits per heavy atom. The minimum absolute atomic E-state index is 0.0968. The molecule has 1 aliphatic carbocycles. The van der Waals surface area contributed by atoms with Crippen molar-refractivity contribution in [1.29, 1.82) is 0 Å². The second-order valence-electron chi connectivity index (χ2n) is 8.74. The van der Waals surface area contributed by atoms with E-state index in [0.29, 0.717) is 41.5 Å². The number of benzene rings is 2. The van der Waals surface area contributed by atoms with Crippen LogP contribution in [0.15, 0.2) is 58.0 Å². The molecule has 0 saturated heterocycles. The van der Waals surface area contributed by atoms with Crippen LogP contribution in [-0.2, 0) is 6.42 Å². The number of furan rings is 1. The van der Waals surface area contributed by atoms with Gasteiger partial charge < -0.3 is 9.73 Å². The first-order valence-electron chi connectivity index (χ1n) is 11.4. The maximum absolute atomic E-state index is 12.9. The average molecular weight is 475 g/mol. The summed E-state index contributed by atoms with van der Waals surface area (Å²) in [5.74, 6) is 0.459. The summed E-state index contributed by atoms with van der Waals surface area (Å²) in [4.78, 5) is 35.7. The van der Waals surface area contributed by atoms with Gasteiger partial charge in [-0.2, -0.15) is 5.10 Å². The number of carbonyl (C=O) groups is 2. The molecule has 180 valence electrons. The first-order chi connectivity index (χ1) is 16.7. The van der Waals surface area contributed by atoms with Crippen molar-refractivity contribution in [3.05, 3.63) is 92.4 Å². The van der Waals surface area contributed by atoms with Crippen molar-refractivity contribution < 1.29 is 18.9 Å². The van der Waals surface area contributed by atoms with Crippen LogP contribution in [0.3, 0.4) is 0 Å². The number of amides is 2. The molecule has 3 aromatic rings. The summed E-state index contributed by atoms with van der Waals surface area (Å²) in [6.45, 7) is 6.02. The lowest BCUT2D eigenvalue weighted by molar-refractivity contribution is -0.384. The quantitative estimate of drug-likeness (QED) is 0.368. The molecule has 0 spiro atoms. The van der Waals surface area contributed by atoms with Gasteiger partial charge in [-0.3, -0.25) is 19.7 Å². The van der Waals surface area contributed by atoms with E-state index in [2.05, 4.69) is 29.7 Å². The Labute approximate surface area is 202 Å². The van der Waals surface area contributed by atoms with Gasteiger partial charge in [0.05, 0.1) is 10.6 Å². The van der Waals surface area contributed by atoms with E-state index in [4.69, 9.17) is 4.42 Å². The van der Waals surface area contributed by atoms with Gasteiger partial charge in [0.1, 0.15) is 5.76 Å². The molecule has 0 unspecified atom stereocenters. The number of nitro groups is 1. The molecule has 9 nitrogen and oxygen atoms in total. The lowest BCUT2D eigenvalue weighted by Crippen LogP contribution is -2.22. The monoisotopic (exact) mass is 474 g/mol. The number of hydrogen-bond acceptors (Lipinski definition) is 6. The third kappa shape index (κ3) is 5.13. The summed E-state index contributed by atoms with van der Waals surface area (Å²) in [5.41, 5.74) is 6.56. The van der Waals surface area contributed by atoms with E-state index in [-0.39, 0.29) is 22.9 Å². The third-order valence-electron chi connectivity index (χ3n) is 6.00. The number of aryl methyl sites for hydroxylation is 1. The summed E-state index contributed by atoms with van der Waals surface area (Å²) >= 11 is 0. The molecular formula is C26H26N4O5. The molecule has 4 rings (SSSR count). The molecule has 0 fully saturated rings. The van der Waals surface area contributed by atoms with Gasteiger partial charge in [0.15, 0.2) is 5.76 Å². The normalized spacial score (nSPS) is 14.0. The zero-order chi connectivity index (χ0) is 25.1. The van der Waals surface area contributed by atoms with Crippen LogP contribution in [0.1, 0.15) is 76.0 Å². The van der Waals surface area contributed by atoms with Gasteiger partial charge in [0.25, 0.3) is 17.5 Å². The number of fused-ring (bicyclic) bond motifs is 1. The van der Waals surface area contributed by atoms with Gasteiger partial charge in [0.2, 0.25) is 0 Å². The maximum atomic E-state index is 12.9. The Morgan fingerprint density at radius 1 is 1.03 bits per heavy atom. The number of carbonyl (C=O) groups excluding carboxylic acids is 2. The van der Waals surface area contributed by atoms with Crippen LogP contribution in [-0.4, -0.2) is 22.4 Å². The maximum Gasteiger partial charge on any atom is 0.291 e. The van der Waals surface area contributed by atoms with Crippen molar-refractivity contribution in [2.75, 3.05) is 5.32 Å². The van der Waals surface area contributed by atoms with Crippen molar-refractivity contribution in [1.82, 2.24) is 5.43 Å². The van der Waals surface area contributed by atoms with Gasteiger partial charge >= 0.3 is 0 Å². The highest BCUT2D eigenvalue weighted by Crippen LogP contribution is 2.30. The second kappa shape index (κ2) is 9.92. The molecule has 2 aromatic carbocycles. The summed E-state index contributed by atoms with van der Waals surface area (Å²) < 4.78 is 5.92. The van der Waals surface area contributed by atoms with Gasteiger partial charge in [-0.25, -0.2) is 5.43 Å². The smallest absolute Gasteiger partial charge is 0.291 e. The fraction of sp³-hybridized carbons (Fsp3) is 0.269. The van der Waals surface area contributed by atoms with Crippen LogP contribution in [0.2, 0.25) is 0 Å². The van der Waals surface area contributed by atoms with Crippen molar-refractivity contribution in [2.45, 2.75) is 46.0 Å². The predicted molar refractivity (Wildman–Crippen MR) is 132 cm³/mol. The number of nitrogens with zero attached hydrogens (tertiary/aromatic N) is 2. The third-order valence-corrected chi connectivity index (χ3v) is 6.00. The molecule has 2 N–H and O–H groups in total. The molecule has 0 aliphatic heterocycles. The number of anilines is 1. The summed E-state index contributed by atoms with van der Waals surface area (Å²) in [7, 11) is 0. The van der Waals surface area contributed by atoms with Crippen LogP contribution in [0, 0.1) is 17.0 Å². The Hall–Kier alpha value is -4.27. The van der Waals surface area contributed by atoms with E-state index >= 15 is 0 Å². The molecule has 0 saturated carbocycles. The van der Waals surface area contributed by atoms with Crippen LogP contribution >= 0.6 is 0 Å². The molecule has 2 amide bonds. The summed E-state index contributed by atoms with van der Waals surface area (Å²) in [6.07, 6.45) is 2.05. The van der Waals surface area contributed by atoms with E-state index in [1.807, 2.05) is 24.3 Å². The Bertz CT molecular complexity index is 1300. The number of nitro benzene ring substituents is 1. The van der Waals surface area contributed by atoms with Crippen molar-refractivity contribution in [3.8, 4) is 0 Å². The standard InChI is InChI=1S/C26H26N4O5/c1-15(2)17-7-11-19(12-8-17)27-26(32)24-16(3)23-21(5-4-6-22(23)35-24)28-29-25(31)18-9-13-20(14-10-18)30(33)34/h7-15H,4-6H2,1-3H3,(H,27,32)(H,29,31)/b28-21+. The number of non-ortho nitro benzene ring substituents is 1. The number of hydrogen-bond donors (Lipinski definition) is 2. The van der Waals surface area contributed by atoms with E-state index in [0.717, 1.165) is 12.0 Å². The highest BCUT2D eigenvalue weighted by Gasteiger charge is 2.28. The van der Waals surface area contributed by atoms with Crippen LogP contribution < -0.4 is 10.7 Å². The van der Waals surface area contributed by atoms with Gasteiger partial charge in [0, 0.05) is 40.9 Å². The Kier molecular flexibility index (Phi) is 6.77. The molecule has 9 heteroatoms. The molecule has 1 aromatic heterocycles. The largest absolute Gasteiger partial charge is 0.455 e. The highest BCUT2D eigenvalue weighted by molar-refractivity contribution is 6.09. The van der Waals surface area contributed by atoms with E-state index in [1.165, 1.54) is 29.8 Å². The van der Waals surface area contributed by atoms with Gasteiger partial charge in [-0.15, -0.1) is 0 Å². The van der Waals surface area contributed by atoms with Crippen LogP contribution in [0.25, 0.3) is 0 Å². The zero-order valence-corrected chi connectivity index (χ0v) is 19.8. The average Bonchev–Trinajstić information content (AvgIpc) is 3.20. The first-order valence-corrected chi connectivity index (χ1v) is 11.4. The molecule has 0 radical (unpaired) electrons. The van der Waals surface area contributed by atoms with Crippen LogP contribution in [0.5, 0.6) is 0 Å². The SMILES string of the molecule is Cc1c(C(=O)Nc2ccc(C(C)C)cc2)oc2c1/C(=N/NC(=O)c1ccc([N+](=O)[O-])cc1)CCC2. The topological polar surface area (TPSA) is 127 Å². The van der Waals surface area contributed by atoms with E-state index in [1.54, 1.807) is 6.92 Å². The van der Waals surface area contributed by atoms with Crippen molar-refractivity contribution in [3.63, 3.8) is 0 Å². The summed E-state index contributed by atoms with van der Waals surface area (Å²) in [5, 5.41) is 18.0. The molecule has 1 aliphatic rings. The lowest BCUT2D eigenvalue weighted by Gasteiger charge is -2.13. The minimum atomic E-state index is -0.526. The number of nitrogens with one attached hydrogen (secondary N) is 2. The fourth-order valence-corrected chi connectivity index (χ4v) is 4.05. The molecule has 1 heterocycles. The number of hydrazone groups is 1. The van der Waals surface area contributed by atoms with Gasteiger partial charge in [-0.1, -0.05) is 26.0 Å². The lowest BCUT2D eigenvalue weighted by atomic mass is 9.93. The van der Waals surface area contributed by atoms with E-state index < -0.39 is 10.8 Å². The van der Waals surface area contributed by atoms with Crippen molar-refractivity contribution in [2.24, 2.45) is 5.10 Å².